The number of carboxylic acid groups (broad SMARTS) is 1. The van der Waals surface area contributed by atoms with Gasteiger partial charge in [-0.15, -0.1) is 0 Å². The quantitative estimate of drug-likeness (QED) is 0.0228. The number of esters is 3. The van der Waals surface area contributed by atoms with Gasteiger partial charge < -0.3 is 39.0 Å². The molecule has 0 aliphatic carbocycles. The summed E-state index contributed by atoms with van der Waals surface area (Å²) in [4.78, 5) is 51.3. The van der Waals surface area contributed by atoms with Gasteiger partial charge in [0.05, 0.1) is 6.61 Å². The Hall–Kier alpha value is -5.14. The second kappa shape index (κ2) is 55.4. The molecule has 3 N–H and O–H groups in total. The highest BCUT2D eigenvalue weighted by Gasteiger charge is 2.50. The Morgan fingerprint density at radius 1 is 0.420 bits per heavy atom. The lowest BCUT2D eigenvalue weighted by Crippen LogP contribution is -2.61. The van der Waals surface area contributed by atoms with E-state index in [1.54, 1.807) is 0 Å². The monoisotopic (exact) mass is 1130 g/mol. The number of allylic oxidation sites excluding steroid dienone is 22. The molecule has 1 rings (SSSR count). The number of hydrogen-bond donors (Lipinski definition) is 3. The summed E-state index contributed by atoms with van der Waals surface area (Å²) in [6.45, 7) is 5.67. The van der Waals surface area contributed by atoms with Gasteiger partial charge in [0.1, 0.15) is 18.8 Å². The van der Waals surface area contributed by atoms with Crippen molar-refractivity contribution in [2.45, 2.75) is 263 Å². The number of carbonyl (C=O) groups excluding carboxylic acids is 3. The second-order valence-corrected chi connectivity index (χ2v) is 20.6. The Morgan fingerprint density at radius 2 is 0.778 bits per heavy atom. The largest absolute Gasteiger partial charge is 0.479 e. The Kier molecular flexibility index (Phi) is 50.5. The number of aliphatic hydroxyl groups is 2. The molecule has 0 amide bonds. The zero-order valence-electron chi connectivity index (χ0n) is 50.2. The van der Waals surface area contributed by atoms with Gasteiger partial charge >= 0.3 is 23.9 Å². The molecule has 1 aliphatic heterocycles. The van der Waals surface area contributed by atoms with Crippen molar-refractivity contribution < 1.29 is 58.2 Å². The first-order chi connectivity index (χ1) is 39.6. The van der Waals surface area contributed by atoms with Crippen molar-refractivity contribution in [2.75, 3.05) is 13.2 Å². The van der Waals surface area contributed by atoms with Crippen molar-refractivity contribution in [3.63, 3.8) is 0 Å². The van der Waals surface area contributed by atoms with Crippen molar-refractivity contribution in [3.8, 4) is 0 Å². The standard InChI is InChI=1S/C69H108O12/c1-4-7-10-13-16-19-22-25-28-30-31-33-35-37-40-43-46-49-52-55-61(70)77-58-60(79-62(71)56-53-50-47-44-41-38-34-27-24-21-18-15-12-9-6-3)59-78-69-67(65(74)64(73)66(81-69)68(75)76)80-63(72)57-54-51-48-45-42-39-36-32-29-26-23-20-17-14-11-8-5-2/h7,9-10,12,16-21,25-29,31,33-34,37,40-41,44,60,64-67,69,73-74H,4-6,8,11,13-15,22-24,30,32,35-36,38-39,42-43,45-59H2,1-3H3,(H,75,76)/b10-7-,12-9-,19-16-,20-17-,21-18-,28-25-,29-26-,33-31-,34-27-,40-37-,44-41-. The maximum absolute atomic E-state index is 13.2. The van der Waals surface area contributed by atoms with E-state index in [0.29, 0.717) is 19.3 Å². The van der Waals surface area contributed by atoms with Crippen molar-refractivity contribution >= 4 is 23.9 Å². The number of hydrogen-bond acceptors (Lipinski definition) is 11. The minimum atomic E-state index is -1.92. The molecular formula is C69H108O12. The van der Waals surface area contributed by atoms with Crippen LogP contribution in [0.25, 0.3) is 0 Å². The molecule has 81 heavy (non-hydrogen) atoms. The first kappa shape index (κ1) is 73.9. The molecule has 0 aromatic carbocycles. The third kappa shape index (κ3) is 45.1. The van der Waals surface area contributed by atoms with E-state index in [9.17, 15) is 34.5 Å². The fourth-order valence-corrected chi connectivity index (χ4v) is 8.47. The molecule has 1 aliphatic rings. The summed E-state index contributed by atoms with van der Waals surface area (Å²) in [5.41, 5.74) is 0. The molecule has 0 aromatic rings. The number of carbonyl (C=O) groups is 4. The van der Waals surface area contributed by atoms with Gasteiger partial charge in [-0.05, 0) is 135 Å². The molecule has 0 spiro atoms. The van der Waals surface area contributed by atoms with Gasteiger partial charge in [-0.3, -0.25) is 14.4 Å². The first-order valence-electron chi connectivity index (χ1n) is 31.2. The summed E-state index contributed by atoms with van der Waals surface area (Å²) in [5, 5.41) is 31.6. The van der Waals surface area contributed by atoms with Gasteiger partial charge in [-0.2, -0.15) is 0 Å². The minimum absolute atomic E-state index is 0.0358. The van der Waals surface area contributed by atoms with Crippen LogP contribution < -0.4 is 0 Å². The summed E-state index contributed by atoms with van der Waals surface area (Å²) in [6.07, 6.45) is 65.5. The number of rotatable bonds is 51. The van der Waals surface area contributed by atoms with E-state index in [4.69, 9.17) is 23.7 Å². The minimum Gasteiger partial charge on any atom is -0.479 e. The van der Waals surface area contributed by atoms with Crippen LogP contribution in [0.3, 0.4) is 0 Å². The highest BCUT2D eigenvalue weighted by Crippen LogP contribution is 2.26. The second-order valence-electron chi connectivity index (χ2n) is 20.6. The molecular weight excluding hydrogens is 1020 g/mol. The van der Waals surface area contributed by atoms with Gasteiger partial charge in [-0.25, -0.2) is 4.79 Å². The van der Waals surface area contributed by atoms with E-state index in [-0.39, 0.29) is 25.9 Å². The zero-order valence-corrected chi connectivity index (χ0v) is 50.2. The molecule has 0 aromatic heterocycles. The number of aliphatic hydroxyl groups excluding tert-OH is 2. The van der Waals surface area contributed by atoms with E-state index in [1.165, 1.54) is 19.3 Å². The average Bonchev–Trinajstić information content (AvgIpc) is 3.53. The lowest BCUT2D eigenvalue weighted by molar-refractivity contribution is -0.301. The highest BCUT2D eigenvalue weighted by atomic mass is 16.7. The molecule has 12 heteroatoms. The molecule has 1 fully saturated rings. The van der Waals surface area contributed by atoms with Crippen molar-refractivity contribution in [1.29, 1.82) is 0 Å². The van der Waals surface area contributed by atoms with Crippen molar-refractivity contribution in [2.24, 2.45) is 0 Å². The SMILES string of the molecule is CC/C=C\C/C=C\C/C=C\C/C=C\C/C=C\CCCCCC(=O)OCC(COC1OC(C(=O)O)C(O)C(O)C1OC(=O)CCCCCCCCC/C=C\C/C=C\CCCCC)OC(=O)CCCC/C=C\C/C=C\C/C=C\C/C=C\CC. The molecule has 12 nitrogen and oxygen atoms in total. The van der Waals surface area contributed by atoms with Crippen LogP contribution in [0.4, 0.5) is 0 Å². The van der Waals surface area contributed by atoms with Crippen molar-refractivity contribution in [1.82, 2.24) is 0 Å². The predicted octanol–water partition coefficient (Wildman–Crippen LogP) is 16.6. The Morgan fingerprint density at radius 3 is 1.22 bits per heavy atom. The lowest BCUT2D eigenvalue weighted by atomic mass is 9.98. The molecule has 1 saturated heterocycles. The summed E-state index contributed by atoms with van der Waals surface area (Å²) < 4.78 is 28.4. The van der Waals surface area contributed by atoms with Crippen LogP contribution in [0.1, 0.15) is 226 Å². The normalized spacial score (nSPS) is 18.7. The molecule has 0 bridgehead atoms. The van der Waals surface area contributed by atoms with Crippen LogP contribution in [0.15, 0.2) is 134 Å². The van der Waals surface area contributed by atoms with Gasteiger partial charge in [0.15, 0.2) is 24.6 Å². The topological polar surface area (TPSA) is 175 Å². The molecule has 0 radical (unpaired) electrons. The maximum atomic E-state index is 13.2. The van der Waals surface area contributed by atoms with Crippen molar-refractivity contribution in [3.05, 3.63) is 134 Å². The van der Waals surface area contributed by atoms with Gasteiger partial charge in [0.25, 0.3) is 0 Å². The predicted molar refractivity (Wildman–Crippen MR) is 330 cm³/mol. The van der Waals surface area contributed by atoms with Crippen LogP contribution >= 0.6 is 0 Å². The number of carboxylic acids is 1. The van der Waals surface area contributed by atoms with E-state index in [1.807, 2.05) is 0 Å². The molecule has 1 heterocycles. The first-order valence-corrected chi connectivity index (χ1v) is 31.2. The van der Waals surface area contributed by atoms with Crippen LogP contribution in [0, 0.1) is 0 Å². The summed E-state index contributed by atoms with van der Waals surface area (Å²) in [5.74, 6) is -3.25. The molecule has 6 unspecified atom stereocenters. The summed E-state index contributed by atoms with van der Waals surface area (Å²) >= 11 is 0. The fraction of sp³-hybridized carbons (Fsp3) is 0.623. The third-order valence-electron chi connectivity index (χ3n) is 13.2. The Labute approximate surface area is 490 Å². The third-order valence-corrected chi connectivity index (χ3v) is 13.2. The van der Waals surface area contributed by atoms with Crippen LogP contribution in [0.2, 0.25) is 0 Å². The van der Waals surface area contributed by atoms with E-state index < -0.39 is 67.3 Å². The van der Waals surface area contributed by atoms with Crippen LogP contribution in [-0.2, 0) is 42.9 Å². The highest BCUT2D eigenvalue weighted by molar-refractivity contribution is 5.74. The molecule has 0 saturated carbocycles. The lowest BCUT2D eigenvalue weighted by Gasteiger charge is -2.40. The zero-order chi connectivity index (χ0) is 58.9. The smallest absolute Gasteiger partial charge is 0.335 e. The molecule has 6 atom stereocenters. The summed E-state index contributed by atoms with van der Waals surface area (Å²) in [7, 11) is 0. The van der Waals surface area contributed by atoms with E-state index in [2.05, 4.69) is 154 Å². The average molecular weight is 1130 g/mol. The van der Waals surface area contributed by atoms with E-state index >= 15 is 0 Å². The van der Waals surface area contributed by atoms with Gasteiger partial charge in [-0.1, -0.05) is 206 Å². The number of aliphatic carboxylic acids is 1. The number of ether oxygens (including phenoxy) is 5. The van der Waals surface area contributed by atoms with Gasteiger partial charge in [0, 0.05) is 19.3 Å². The molecule has 456 valence electrons. The van der Waals surface area contributed by atoms with Crippen LogP contribution in [-0.4, -0.2) is 89.2 Å². The maximum Gasteiger partial charge on any atom is 0.335 e. The van der Waals surface area contributed by atoms with E-state index in [0.717, 1.165) is 148 Å². The number of unbranched alkanes of at least 4 members (excludes halogenated alkanes) is 15. The fourth-order valence-electron chi connectivity index (χ4n) is 8.47. The Bertz CT molecular complexity index is 1920. The van der Waals surface area contributed by atoms with Gasteiger partial charge in [0.2, 0.25) is 0 Å². The Balaban J connectivity index is 2.73. The summed E-state index contributed by atoms with van der Waals surface area (Å²) in [6, 6.07) is 0. The van der Waals surface area contributed by atoms with Crippen LogP contribution in [0.5, 0.6) is 0 Å².